The van der Waals surface area contributed by atoms with Crippen molar-refractivity contribution in [2.24, 2.45) is 0 Å². The molecule has 0 fully saturated rings. The maximum atomic E-state index is 13.2. The molecule has 0 bridgehead atoms. The van der Waals surface area contributed by atoms with E-state index in [0.29, 0.717) is 69.1 Å². The molecule has 0 saturated heterocycles. The number of carbonyl (C=O) groups excluding carboxylic acids is 1. The second-order valence-corrected chi connectivity index (χ2v) is 8.53. The van der Waals surface area contributed by atoms with E-state index in [1.807, 2.05) is 42.0 Å². The number of halogens is 3. The van der Waals surface area contributed by atoms with E-state index >= 15 is 0 Å². The Bertz CT molecular complexity index is 1360. The number of alkyl halides is 3. The van der Waals surface area contributed by atoms with Gasteiger partial charge in [-0.3, -0.25) is 4.79 Å². The molecule has 0 unspecified atom stereocenters. The number of rotatable bonds is 12. The van der Waals surface area contributed by atoms with Gasteiger partial charge in [0.1, 0.15) is 11.5 Å². The summed E-state index contributed by atoms with van der Waals surface area (Å²) in [5.74, 6) is 0.981. The van der Waals surface area contributed by atoms with Gasteiger partial charge < -0.3 is 23.3 Å². The third-order valence-electron chi connectivity index (χ3n) is 5.89. The van der Waals surface area contributed by atoms with Gasteiger partial charge in [0, 0.05) is 35.6 Å². The van der Waals surface area contributed by atoms with E-state index in [4.69, 9.17) is 18.7 Å². The van der Waals surface area contributed by atoms with E-state index < -0.39 is 11.9 Å². The van der Waals surface area contributed by atoms with Gasteiger partial charge in [0.15, 0.2) is 11.3 Å². The molecule has 2 aromatic heterocycles. The van der Waals surface area contributed by atoms with Crippen molar-refractivity contribution in [2.45, 2.75) is 52.3 Å². The SMILES string of the molecule is CCCc1c(OCCCOc2ccc3c(ccn3CCC(=O)OCC)c2)ccc2c(C(F)(F)F)noc12. The summed E-state index contributed by atoms with van der Waals surface area (Å²) in [6.07, 6.45) is -0.543. The Hall–Kier alpha value is -3.69. The molecule has 2 heterocycles. The zero-order chi connectivity index (χ0) is 26.4. The van der Waals surface area contributed by atoms with Crippen molar-refractivity contribution in [2.75, 3.05) is 19.8 Å². The average molecular weight is 519 g/mol. The van der Waals surface area contributed by atoms with Gasteiger partial charge in [-0.15, -0.1) is 0 Å². The van der Waals surface area contributed by atoms with Gasteiger partial charge in [-0.2, -0.15) is 13.2 Å². The van der Waals surface area contributed by atoms with Crippen LogP contribution in [-0.2, 0) is 28.7 Å². The minimum Gasteiger partial charge on any atom is -0.493 e. The lowest BCUT2D eigenvalue weighted by Gasteiger charge is -2.12. The second kappa shape index (κ2) is 11.6. The molecule has 2 aromatic carbocycles. The van der Waals surface area contributed by atoms with Gasteiger partial charge in [-0.1, -0.05) is 18.5 Å². The molecule has 7 nitrogen and oxygen atoms in total. The van der Waals surface area contributed by atoms with Crippen molar-refractivity contribution in [3.8, 4) is 11.5 Å². The standard InChI is InChI=1S/C27H29F3N2O5/c1-3-6-20-23(10-8-21-25(20)37-31-26(21)27(28,29)30)36-16-5-15-35-19-7-9-22-18(17-19)11-13-32(22)14-12-24(33)34-4-2/h7-11,13,17H,3-6,12,14-16H2,1-2H3. The molecule has 0 radical (unpaired) electrons. The van der Waals surface area contributed by atoms with E-state index in [2.05, 4.69) is 5.16 Å². The molecule has 0 amide bonds. The predicted octanol–water partition coefficient (Wildman–Crippen LogP) is 6.55. The van der Waals surface area contributed by atoms with Crippen LogP contribution in [0.25, 0.3) is 21.9 Å². The van der Waals surface area contributed by atoms with Crippen molar-refractivity contribution >= 4 is 27.8 Å². The van der Waals surface area contributed by atoms with Crippen LogP contribution in [0.15, 0.2) is 47.1 Å². The molecule has 4 aromatic rings. The fourth-order valence-corrected chi connectivity index (χ4v) is 4.21. The topological polar surface area (TPSA) is 75.7 Å². The van der Waals surface area contributed by atoms with Crippen LogP contribution in [0.5, 0.6) is 11.5 Å². The van der Waals surface area contributed by atoms with Crippen molar-refractivity contribution in [1.29, 1.82) is 0 Å². The van der Waals surface area contributed by atoms with E-state index in [1.165, 1.54) is 6.07 Å². The van der Waals surface area contributed by atoms with Gasteiger partial charge in [-0.05, 0) is 49.7 Å². The molecule has 0 N–H and O–H groups in total. The number of benzene rings is 2. The molecule has 37 heavy (non-hydrogen) atoms. The number of hydrogen-bond acceptors (Lipinski definition) is 6. The second-order valence-electron chi connectivity index (χ2n) is 8.53. The van der Waals surface area contributed by atoms with Crippen LogP contribution < -0.4 is 9.47 Å². The van der Waals surface area contributed by atoms with Crippen LogP contribution >= 0.6 is 0 Å². The summed E-state index contributed by atoms with van der Waals surface area (Å²) in [4.78, 5) is 11.6. The van der Waals surface area contributed by atoms with E-state index in [1.54, 1.807) is 13.0 Å². The maximum absolute atomic E-state index is 13.2. The van der Waals surface area contributed by atoms with Gasteiger partial charge in [-0.25, -0.2) is 0 Å². The molecule has 0 aliphatic rings. The quantitative estimate of drug-likeness (QED) is 0.156. The van der Waals surface area contributed by atoms with Crippen LogP contribution in [0.2, 0.25) is 0 Å². The number of ether oxygens (including phenoxy) is 3. The third-order valence-corrected chi connectivity index (χ3v) is 5.89. The summed E-state index contributed by atoms with van der Waals surface area (Å²) in [6, 6.07) is 10.6. The van der Waals surface area contributed by atoms with Crippen LogP contribution in [0, 0.1) is 0 Å². The molecule has 0 saturated carbocycles. The third kappa shape index (κ3) is 6.18. The summed E-state index contributed by atoms with van der Waals surface area (Å²) in [5, 5.41) is 4.19. The Labute approximate surface area is 212 Å². The van der Waals surface area contributed by atoms with Gasteiger partial charge in [0.05, 0.1) is 31.6 Å². The van der Waals surface area contributed by atoms with E-state index in [9.17, 15) is 18.0 Å². The molecule has 0 aliphatic carbocycles. The summed E-state index contributed by atoms with van der Waals surface area (Å²) in [7, 11) is 0. The van der Waals surface area contributed by atoms with Crippen molar-refractivity contribution in [1.82, 2.24) is 9.72 Å². The van der Waals surface area contributed by atoms with Gasteiger partial charge in [0.25, 0.3) is 0 Å². The van der Waals surface area contributed by atoms with Gasteiger partial charge in [0.2, 0.25) is 0 Å². The molecule has 0 aliphatic heterocycles. The monoisotopic (exact) mass is 518 g/mol. The first-order valence-electron chi connectivity index (χ1n) is 12.3. The van der Waals surface area contributed by atoms with Crippen LogP contribution in [-0.4, -0.2) is 35.5 Å². The Kier molecular flexibility index (Phi) is 8.25. The number of fused-ring (bicyclic) bond motifs is 2. The first kappa shape index (κ1) is 26.4. The van der Waals surface area contributed by atoms with E-state index in [0.717, 1.165) is 10.9 Å². The highest BCUT2D eigenvalue weighted by molar-refractivity contribution is 5.85. The first-order chi connectivity index (χ1) is 17.8. The molecule has 0 atom stereocenters. The summed E-state index contributed by atoms with van der Waals surface area (Å²) < 4.78 is 63.3. The van der Waals surface area contributed by atoms with Crippen LogP contribution in [0.4, 0.5) is 13.2 Å². The minimum atomic E-state index is -4.58. The highest BCUT2D eigenvalue weighted by Crippen LogP contribution is 2.38. The first-order valence-corrected chi connectivity index (χ1v) is 12.3. The Balaban J connectivity index is 1.32. The van der Waals surface area contributed by atoms with Crippen LogP contribution in [0.3, 0.4) is 0 Å². The normalized spacial score (nSPS) is 11.8. The predicted molar refractivity (Wildman–Crippen MR) is 132 cm³/mol. The number of aromatic nitrogens is 2. The minimum absolute atomic E-state index is 0.0586. The number of aryl methyl sites for hydroxylation is 2. The molecule has 198 valence electrons. The molecule has 0 spiro atoms. The largest absolute Gasteiger partial charge is 0.493 e. The number of nitrogens with zero attached hydrogens (tertiary/aromatic N) is 2. The highest BCUT2D eigenvalue weighted by Gasteiger charge is 2.37. The zero-order valence-electron chi connectivity index (χ0n) is 20.8. The maximum Gasteiger partial charge on any atom is 0.437 e. The zero-order valence-corrected chi connectivity index (χ0v) is 20.8. The average Bonchev–Trinajstić information content (AvgIpc) is 3.48. The van der Waals surface area contributed by atoms with Crippen LogP contribution in [0.1, 0.15) is 44.4 Å². The van der Waals surface area contributed by atoms with Gasteiger partial charge >= 0.3 is 12.1 Å². The summed E-state index contributed by atoms with van der Waals surface area (Å²) >= 11 is 0. The lowest BCUT2D eigenvalue weighted by atomic mass is 10.0. The molecular weight excluding hydrogens is 489 g/mol. The van der Waals surface area contributed by atoms with Crippen molar-refractivity contribution in [3.05, 3.63) is 53.9 Å². The van der Waals surface area contributed by atoms with E-state index in [-0.39, 0.29) is 16.9 Å². The lowest BCUT2D eigenvalue weighted by molar-refractivity contribution is -0.143. The van der Waals surface area contributed by atoms with Crippen molar-refractivity contribution < 1.29 is 36.7 Å². The molecular formula is C27H29F3N2O5. The fourth-order valence-electron chi connectivity index (χ4n) is 4.21. The Morgan fingerprint density at radius 3 is 2.65 bits per heavy atom. The Morgan fingerprint density at radius 2 is 1.89 bits per heavy atom. The summed E-state index contributed by atoms with van der Waals surface area (Å²) in [5.41, 5.74) is 0.679. The van der Waals surface area contributed by atoms with Crippen molar-refractivity contribution in [3.63, 3.8) is 0 Å². The summed E-state index contributed by atoms with van der Waals surface area (Å²) in [6.45, 7) is 5.36. The fraction of sp³-hybridized carbons (Fsp3) is 0.407. The molecule has 4 rings (SSSR count). The Morgan fingerprint density at radius 1 is 1.08 bits per heavy atom. The highest BCUT2D eigenvalue weighted by atomic mass is 19.4. The smallest absolute Gasteiger partial charge is 0.437 e. The molecule has 10 heteroatoms. The lowest BCUT2D eigenvalue weighted by Crippen LogP contribution is -2.08. The number of hydrogen-bond donors (Lipinski definition) is 0. The number of esters is 1. The number of carbonyl (C=O) groups is 1.